The molecule has 0 spiro atoms. The van der Waals surface area contributed by atoms with Crippen LogP contribution in [0.15, 0.2) is 96.0 Å². The van der Waals surface area contributed by atoms with Crippen molar-refractivity contribution in [2.75, 3.05) is 0 Å². The Kier molecular flexibility index (Phi) is 5.99. The van der Waals surface area contributed by atoms with E-state index in [9.17, 15) is 0 Å². The van der Waals surface area contributed by atoms with Crippen LogP contribution in [-0.4, -0.2) is 22.4 Å². The molecule has 4 nitrogen and oxygen atoms in total. The number of hydrogen-bond acceptors (Lipinski definition) is 3. The lowest BCUT2D eigenvalue weighted by Gasteiger charge is -2.32. The van der Waals surface area contributed by atoms with Gasteiger partial charge in [-0.1, -0.05) is 73.7 Å². The van der Waals surface area contributed by atoms with E-state index in [1.807, 2.05) is 6.21 Å². The topological polar surface area (TPSA) is 52.5 Å². The van der Waals surface area contributed by atoms with Gasteiger partial charge in [-0.25, -0.2) is 0 Å². The first-order chi connectivity index (χ1) is 20.9. The number of allylic oxidation sites excluding steroid dienone is 1. The molecule has 5 unspecified atom stereocenters. The van der Waals surface area contributed by atoms with E-state index in [1.54, 1.807) is 0 Å². The van der Waals surface area contributed by atoms with Crippen LogP contribution in [0.4, 0.5) is 0 Å². The third kappa shape index (κ3) is 4.11. The number of hydrogen-bond donors (Lipinski definition) is 1. The number of ether oxygens (including phenoxy) is 1. The largest absolute Gasteiger partial charge is 0.482 e. The van der Waals surface area contributed by atoms with Gasteiger partial charge >= 0.3 is 0 Å². The minimum atomic E-state index is -0.398. The summed E-state index contributed by atoms with van der Waals surface area (Å²) in [6.07, 6.45) is 15.4. The molecule has 2 aliphatic carbocycles. The van der Waals surface area contributed by atoms with Crippen LogP contribution in [0.3, 0.4) is 0 Å². The quantitative estimate of drug-likeness (QED) is 0.270. The highest BCUT2D eigenvalue weighted by molar-refractivity contribution is 5.81. The van der Waals surface area contributed by atoms with Gasteiger partial charge in [-0.05, 0) is 85.7 Å². The minimum Gasteiger partial charge on any atom is -0.482 e. The zero-order chi connectivity index (χ0) is 29.3. The van der Waals surface area contributed by atoms with Gasteiger partial charge in [0.15, 0.2) is 0 Å². The second-order valence-electron chi connectivity index (χ2n) is 12.8. The minimum absolute atomic E-state index is 0.105. The Balaban J connectivity index is 1.26. The van der Waals surface area contributed by atoms with Crippen molar-refractivity contribution in [1.82, 2.24) is 4.57 Å². The maximum atomic E-state index is 6.60. The molecule has 2 aliphatic heterocycles. The number of nitrogens with two attached hydrogens (primary N) is 1. The zero-order valence-electron chi connectivity index (χ0n) is 25.0. The van der Waals surface area contributed by atoms with Crippen molar-refractivity contribution in [3.8, 4) is 22.6 Å². The molecule has 4 aliphatic rings. The predicted octanol–water partition coefficient (Wildman–Crippen LogP) is 8.75. The van der Waals surface area contributed by atoms with Crippen molar-refractivity contribution in [3.63, 3.8) is 0 Å². The van der Waals surface area contributed by atoms with Crippen LogP contribution in [-0.2, 0) is 0 Å². The molecule has 8 rings (SSSR count). The van der Waals surface area contributed by atoms with Crippen molar-refractivity contribution in [3.05, 3.63) is 125 Å². The highest BCUT2D eigenvalue weighted by Gasteiger charge is 2.49. The Morgan fingerprint density at radius 2 is 1.74 bits per heavy atom. The Bertz CT molecular complexity index is 1890. The van der Waals surface area contributed by atoms with Crippen molar-refractivity contribution in [1.29, 1.82) is 0 Å². The summed E-state index contributed by atoms with van der Waals surface area (Å²) >= 11 is 0. The molecule has 214 valence electrons. The second-order valence-corrected chi connectivity index (χ2v) is 12.8. The van der Waals surface area contributed by atoms with Gasteiger partial charge < -0.3 is 15.0 Å². The van der Waals surface area contributed by atoms with E-state index in [1.165, 1.54) is 44.9 Å². The lowest BCUT2D eigenvalue weighted by molar-refractivity contribution is 0.153. The highest BCUT2D eigenvalue weighted by atomic mass is 16.5. The van der Waals surface area contributed by atoms with E-state index in [2.05, 4.69) is 129 Å². The van der Waals surface area contributed by atoms with Crippen LogP contribution in [0.2, 0.25) is 0 Å². The van der Waals surface area contributed by atoms with Crippen LogP contribution in [0.5, 0.6) is 5.75 Å². The molecule has 0 bridgehead atoms. The van der Waals surface area contributed by atoms with Gasteiger partial charge in [0.25, 0.3) is 0 Å². The van der Waals surface area contributed by atoms with Crippen LogP contribution in [0.1, 0.15) is 79.1 Å². The van der Waals surface area contributed by atoms with Crippen LogP contribution >= 0.6 is 0 Å². The smallest absolute Gasteiger partial charge is 0.136 e. The summed E-state index contributed by atoms with van der Waals surface area (Å²) in [7, 11) is 0. The lowest BCUT2D eigenvalue weighted by Crippen LogP contribution is -2.35. The maximum Gasteiger partial charge on any atom is 0.136 e. The van der Waals surface area contributed by atoms with Gasteiger partial charge in [0.05, 0.1) is 17.3 Å². The van der Waals surface area contributed by atoms with Gasteiger partial charge in [-0.2, -0.15) is 0 Å². The van der Waals surface area contributed by atoms with E-state index < -0.39 is 5.60 Å². The van der Waals surface area contributed by atoms with E-state index >= 15 is 0 Å². The molecule has 0 saturated heterocycles. The summed E-state index contributed by atoms with van der Waals surface area (Å²) in [5.74, 6) is 1.86. The molecule has 43 heavy (non-hydrogen) atoms. The fraction of sp³-hybridized carbons (Fsp3) is 0.256. The molecule has 1 aromatic heterocycles. The van der Waals surface area contributed by atoms with Crippen molar-refractivity contribution in [2.45, 2.75) is 57.1 Å². The lowest BCUT2D eigenvalue weighted by atomic mass is 9.74. The molecular formula is C39H37N3O. The molecule has 2 N–H and O–H groups in total. The first kappa shape index (κ1) is 26.2. The zero-order valence-corrected chi connectivity index (χ0v) is 25.0. The van der Waals surface area contributed by atoms with Gasteiger partial charge in [0.1, 0.15) is 11.4 Å². The van der Waals surface area contributed by atoms with Gasteiger partial charge in [-0.15, -0.1) is 0 Å². The van der Waals surface area contributed by atoms with Crippen molar-refractivity contribution in [2.24, 2.45) is 16.6 Å². The Morgan fingerprint density at radius 1 is 0.953 bits per heavy atom. The number of fused-ring (bicyclic) bond motifs is 7. The average molecular weight is 564 g/mol. The highest BCUT2D eigenvalue weighted by Crippen LogP contribution is 2.55. The molecule has 4 aromatic rings. The van der Waals surface area contributed by atoms with E-state index in [0.717, 1.165) is 29.9 Å². The molecule has 3 heterocycles. The number of benzene rings is 3. The summed E-state index contributed by atoms with van der Waals surface area (Å²) in [6, 6.07) is 26.4. The predicted molar refractivity (Wildman–Crippen MR) is 178 cm³/mol. The normalized spacial score (nSPS) is 25.3. The monoisotopic (exact) mass is 563 g/mol. The Labute approximate surface area is 253 Å². The van der Waals surface area contributed by atoms with E-state index in [-0.39, 0.29) is 12.0 Å². The number of aromatic nitrogens is 1. The molecule has 4 heteroatoms. The van der Waals surface area contributed by atoms with Crippen LogP contribution in [0.25, 0.3) is 34.7 Å². The summed E-state index contributed by atoms with van der Waals surface area (Å²) in [5.41, 5.74) is 18.2. The fourth-order valence-corrected chi connectivity index (χ4v) is 7.59. The Hall–Kier alpha value is -4.41. The van der Waals surface area contributed by atoms with Crippen molar-refractivity contribution >= 4 is 24.1 Å². The van der Waals surface area contributed by atoms with Gasteiger partial charge in [0.2, 0.25) is 0 Å². The fourth-order valence-electron chi connectivity index (χ4n) is 7.59. The first-order valence-corrected chi connectivity index (χ1v) is 15.5. The molecule has 0 fully saturated rings. The molecule has 0 saturated carbocycles. The number of aliphatic imine (C=N–C) groups is 1. The van der Waals surface area contributed by atoms with E-state index in [0.29, 0.717) is 11.8 Å². The first-order valence-electron chi connectivity index (χ1n) is 15.5. The Morgan fingerprint density at radius 3 is 2.60 bits per heavy atom. The van der Waals surface area contributed by atoms with Crippen LogP contribution < -0.4 is 10.5 Å². The number of rotatable bonds is 4. The summed E-state index contributed by atoms with van der Waals surface area (Å²) < 4.78 is 9.12. The maximum absolute atomic E-state index is 6.60. The van der Waals surface area contributed by atoms with Gasteiger partial charge in [0, 0.05) is 46.2 Å². The third-order valence-electron chi connectivity index (χ3n) is 9.81. The SMILES string of the molecule is CC1CC=Cc2c3c(n(-c4cccc(-c5cccc(C6=CC(C(C)N)CC=N6)c5)c4)c21)C=CC1(C)Oc2ccccc2C31. The molecule has 3 aromatic carbocycles. The van der Waals surface area contributed by atoms with Crippen molar-refractivity contribution < 1.29 is 4.74 Å². The van der Waals surface area contributed by atoms with Gasteiger partial charge in [-0.3, -0.25) is 4.99 Å². The molecule has 5 atom stereocenters. The third-order valence-corrected chi connectivity index (χ3v) is 9.81. The standard InChI is InChI=1S/C39H37N3O/c1-24-9-6-15-32-36-34(17-19-39(3)37(36)31-14-4-5-16-35(31)43-39)42(38(24)32)30-13-8-11-28(22-30)27-10-7-12-29(21-27)33-23-26(25(2)40)18-20-41-33/h4-8,10-17,19-26,37H,9,18,40H2,1-3H3. The molecule has 0 radical (unpaired) electrons. The number of nitrogens with zero attached hydrogens (tertiary/aromatic N) is 2. The van der Waals surface area contributed by atoms with Crippen LogP contribution in [0, 0.1) is 5.92 Å². The summed E-state index contributed by atoms with van der Waals surface area (Å²) in [4.78, 5) is 4.73. The molecular weight excluding hydrogens is 526 g/mol. The average Bonchev–Trinajstić information content (AvgIpc) is 3.53. The van der Waals surface area contributed by atoms with E-state index in [4.69, 9.17) is 15.5 Å². The molecule has 0 amide bonds. The summed E-state index contributed by atoms with van der Waals surface area (Å²) in [6.45, 7) is 6.66. The number of para-hydroxylation sites is 1. The summed E-state index contributed by atoms with van der Waals surface area (Å²) in [5, 5.41) is 0. The second kappa shape index (κ2) is 9.82.